The minimum absolute atomic E-state index is 0.0186. The topological polar surface area (TPSA) is 195 Å². The van der Waals surface area contributed by atoms with Gasteiger partial charge in [-0.2, -0.15) is 5.01 Å². The van der Waals surface area contributed by atoms with Crippen LogP contribution < -0.4 is 16.6 Å². The third-order valence-electron chi connectivity index (χ3n) is 4.21. The molecule has 4 atom stereocenters. The average Bonchev–Trinajstić information content (AvgIpc) is 3.21. The number of urea groups is 1. The molecule has 3 heterocycles. The first-order valence-electron chi connectivity index (χ1n) is 8.02. The number of H-pyrrole nitrogens is 2. The Labute approximate surface area is 160 Å². The van der Waals surface area contributed by atoms with E-state index >= 15 is 0 Å². The molecule has 1 saturated heterocycles. The average molecular weight is 418 g/mol. The van der Waals surface area contributed by atoms with Gasteiger partial charge < -0.3 is 20.3 Å². The van der Waals surface area contributed by atoms with Crippen LogP contribution in [0.2, 0.25) is 0 Å². The smallest absolute Gasteiger partial charge is 0.340 e. The number of nitrogens with one attached hydrogen (secondary N) is 3. The molecule has 1 fully saturated rings. The second kappa shape index (κ2) is 8.05. The number of aromatic nitrogens is 4. The molecule has 1 aliphatic rings. The van der Waals surface area contributed by atoms with Crippen LogP contribution in [0.4, 0.5) is 4.79 Å². The second-order valence-electron chi connectivity index (χ2n) is 5.86. The maximum absolute atomic E-state index is 12.2. The Morgan fingerprint density at radius 2 is 2.21 bits per heavy atom. The van der Waals surface area contributed by atoms with E-state index in [0.717, 1.165) is 0 Å². The van der Waals surface area contributed by atoms with E-state index in [4.69, 9.17) is 16.3 Å². The normalized spacial score (nSPS) is 24.4. The molecule has 2 aromatic heterocycles. The minimum atomic E-state index is -1.38. The van der Waals surface area contributed by atoms with Crippen molar-refractivity contribution in [2.24, 2.45) is 5.29 Å². The number of aromatic amines is 2. The van der Waals surface area contributed by atoms with Crippen LogP contribution in [-0.4, -0.2) is 78.1 Å². The summed E-state index contributed by atoms with van der Waals surface area (Å²) >= 11 is 5.51. The molecule has 3 rings (SSSR count). The maximum Gasteiger partial charge on any atom is 0.340 e. The number of rotatable bonds is 6. The van der Waals surface area contributed by atoms with Gasteiger partial charge in [-0.1, -0.05) is 0 Å². The number of nitrogens with zero attached hydrogens (tertiary/aromatic N) is 4. The van der Waals surface area contributed by atoms with Gasteiger partial charge in [0.15, 0.2) is 11.7 Å². The van der Waals surface area contributed by atoms with Gasteiger partial charge in [0.1, 0.15) is 23.9 Å². The summed E-state index contributed by atoms with van der Waals surface area (Å²) in [4.78, 5) is 54.8. The second-order valence-corrected chi connectivity index (χ2v) is 6.24. The first-order valence-corrected chi connectivity index (χ1v) is 8.55. The highest BCUT2D eigenvalue weighted by molar-refractivity contribution is 6.18. The molecule has 0 radical (unpaired) electrons. The number of ether oxygens (including phenoxy) is 1. The van der Waals surface area contributed by atoms with E-state index in [2.05, 4.69) is 20.6 Å². The molecular weight excluding hydrogens is 402 g/mol. The number of fused-ring (bicyclic) bond motifs is 1. The third kappa shape index (κ3) is 3.49. The van der Waals surface area contributed by atoms with Gasteiger partial charge in [0.2, 0.25) is 0 Å². The first kappa shape index (κ1) is 19.9. The summed E-state index contributed by atoms with van der Waals surface area (Å²) in [5, 5.41) is 25.3. The van der Waals surface area contributed by atoms with E-state index in [1.165, 1.54) is 10.9 Å². The van der Waals surface area contributed by atoms with Crippen molar-refractivity contribution in [2.45, 2.75) is 24.5 Å². The maximum atomic E-state index is 12.2. The fourth-order valence-corrected chi connectivity index (χ4v) is 3.07. The quantitative estimate of drug-likeness (QED) is 0.201. The Balaban J connectivity index is 1.98. The van der Waals surface area contributed by atoms with E-state index < -0.39 is 48.4 Å². The number of nitroso groups, excluding NO2 is 1. The lowest BCUT2D eigenvalue weighted by Gasteiger charge is -2.24. The number of carbonyl (C=O) groups excluding carboxylic acids is 1. The predicted molar refractivity (Wildman–Crippen MR) is 93.5 cm³/mol. The van der Waals surface area contributed by atoms with Crippen LogP contribution in [0.3, 0.4) is 0 Å². The van der Waals surface area contributed by atoms with Crippen molar-refractivity contribution in [3.63, 3.8) is 0 Å². The summed E-state index contributed by atoms with van der Waals surface area (Å²) in [5.41, 5.74) is -1.66. The van der Waals surface area contributed by atoms with Crippen molar-refractivity contribution in [3.8, 4) is 0 Å². The molecule has 0 aliphatic carbocycles. The molecule has 2 aromatic rings. The number of aliphatic hydroxyl groups excluding tert-OH is 2. The highest BCUT2D eigenvalue weighted by Crippen LogP contribution is 2.31. The van der Waals surface area contributed by atoms with Gasteiger partial charge in [-0.05, 0) is 0 Å². The molecule has 152 valence electrons. The van der Waals surface area contributed by atoms with Crippen LogP contribution in [0.25, 0.3) is 11.2 Å². The fraction of sp³-hybridized carbons (Fsp3) is 0.538. The zero-order chi connectivity index (χ0) is 20.4. The van der Waals surface area contributed by atoms with Crippen molar-refractivity contribution >= 4 is 28.8 Å². The monoisotopic (exact) mass is 417 g/mol. The number of hydrogen-bond acceptors (Lipinski definition) is 9. The van der Waals surface area contributed by atoms with Gasteiger partial charge in [-0.15, -0.1) is 16.5 Å². The summed E-state index contributed by atoms with van der Waals surface area (Å²) < 4.78 is 6.78. The molecule has 2 amide bonds. The van der Waals surface area contributed by atoms with Gasteiger partial charge >= 0.3 is 11.7 Å². The minimum Gasteiger partial charge on any atom is -0.394 e. The number of imidazole rings is 1. The van der Waals surface area contributed by atoms with Crippen LogP contribution in [0.1, 0.15) is 6.23 Å². The molecule has 0 bridgehead atoms. The fourth-order valence-electron chi connectivity index (χ4n) is 2.91. The summed E-state index contributed by atoms with van der Waals surface area (Å²) in [7, 11) is 0. The Bertz CT molecular complexity index is 988. The Morgan fingerprint density at radius 1 is 1.46 bits per heavy atom. The molecule has 1 unspecified atom stereocenters. The summed E-state index contributed by atoms with van der Waals surface area (Å²) in [6, 6.07) is -2.13. The van der Waals surface area contributed by atoms with E-state index in [0.29, 0.717) is 5.01 Å². The van der Waals surface area contributed by atoms with E-state index in [9.17, 15) is 29.5 Å². The van der Waals surface area contributed by atoms with Crippen molar-refractivity contribution in [2.75, 3.05) is 19.0 Å². The van der Waals surface area contributed by atoms with E-state index in [1.807, 2.05) is 4.98 Å². The van der Waals surface area contributed by atoms with Crippen LogP contribution in [0.15, 0.2) is 21.2 Å². The highest BCUT2D eigenvalue weighted by Gasteiger charge is 2.46. The standard InChI is InChI=1S/C13H16ClN7O7/c14-1-2-21(19-27)13(26)16-6-8(23)5(3-22)28-11(6)20-4-15-7-9(20)17-12(25)18-10(7)24/h4-6,8,11,22-23H,1-3H2,(H,16,26)(H2,17,18,24,25)/t5-,6?,8-,11-/m1/s1. The third-order valence-corrected chi connectivity index (χ3v) is 4.38. The van der Waals surface area contributed by atoms with Gasteiger partial charge in [-0.3, -0.25) is 19.3 Å². The number of amides is 2. The molecule has 0 spiro atoms. The molecule has 1 aliphatic heterocycles. The molecular formula is C13H16ClN7O7. The SMILES string of the molecule is O=NN(CCCl)C(=O)NC1[C@H](n2cnc3c(=O)[nH]c(=O)[nH]c32)O[C@H](CO)[C@H]1O. The summed E-state index contributed by atoms with van der Waals surface area (Å²) in [6.45, 7) is -0.754. The van der Waals surface area contributed by atoms with Crippen LogP contribution in [-0.2, 0) is 4.74 Å². The molecule has 14 nitrogen and oxygen atoms in total. The number of halogens is 1. The molecule has 0 saturated carbocycles. The van der Waals surface area contributed by atoms with Crippen molar-refractivity contribution < 1.29 is 19.7 Å². The number of alkyl halides is 1. The van der Waals surface area contributed by atoms with Crippen LogP contribution in [0, 0.1) is 4.91 Å². The van der Waals surface area contributed by atoms with Gasteiger partial charge in [0, 0.05) is 5.88 Å². The molecule has 5 N–H and O–H groups in total. The van der Waals surface area contributed by atoms with Gasteiger partial charge in [-0.25, -0.2) is 14.6 Å². The number of hydrogen-bond donors (Lipinski definition) is 5. The Hall–Kier alpha value is -2.81. The highest BCUT2D eigenvalue weighted by atomic mass is 35.5. The van der Waals surface area contributed by atoms with Crippen LogP contribution >= 0.6 is 11.6 Å². The van der Waals surface area contributed by atoms with E-state index in [1.54, 1.807) is 0 Å². The summed E-state index contributed by atoms with van der Waals surface area (Å²) in [5.74, 6) is -0.0538. The van der Waals surface area contributed by atoms with Crippen LogP contribution in [0.5, 0.6) is 0 Å². The number of aliphatic hydroxyl groups is 2. The molecule has 15 heteroatoms. The Kier molecular flexibility index (Phi) is 5.73. The van der Waals surface area contributed by atoms with E-state index in [-0.39, 0.29) is 23.6 Å². The lowest BCUT2D eigenvalue weighted by Crippen LogP contribution is -2.50. The largest absolute Gasteiger partial charge is 0.394 e. The van der Waals surface area contributed by atoms with Crippen molar-refractivity contribution in [3.05, 3.63) is 32.1 Å². The predicted octanol–water partition coefficient (Wildman–Crippen LogP) is -2.04. The lowest BCUT2D eigenvalue weighted by molar-refractivity contribution is -0.0440. The molecule has 28 heavy (non-hydrogen) atoms. The summed E-state index contributed by atoms with van der Waals surface area (Å²) in [6.07, 6.45) is -2.47. The Morgan fingerprint density at radius 3 is 2.86 bits per heavy atom. The zero-order valence-corrected chi connectivity index (χ0v) is 14.9. The van der Waals surface area contributed by atoms with Crippen molar-refractivity contribution in [1.82, 2.24) is 29.8 Å². The van der Waals surface area contributed by atoms with Gasteiger partial charge in [0.05, 0.1) is 24.8 Å². The molecule has 0 aromatic carbocycles. The lowest BCUT2D eigenvalue weighted by atomic mass is 10.1. The van der Waals surface area contributed by atoms with Gasteiger partial charge in [0.25, 0.3) is 5.56 Å². The van der Waals surface area contributed by atoms with Crippen molar-refractivity contribution in [1.29, 1.82) is 0 Å². The first-order chi connectivity index (χ1) is 13.4. The number of carbonyl (C=O) groups is 1. The zero-order valence-electron chi connectivity index (χ0n) is 14.1.